The molecule has 5 N–H and O–H groups in total. The van der Waals surface area contributed by atoms with E-state index in [-0.39, 0.29) is 12.6 Å². The third-order valence-corrected chi connectivity index (χ3v) is 1.21. The molecule has 0 aliphatic rings. The van der Waals surface area contributed by atoms with E-state index in [0.717, 1.165) is 6.42 Å². The fourth-order valence-electron chi connectivity index (χ4n) is 0.447. The number of hydrogen-bond donors (Lipinski definition) is 3. The van der Waals surface area contributed by atoms with E-state index in [2.05, 4.69) is 0 Å². The van der Waals surface area contributed by atoms with Crippen LogP contribution in [-0.4, -0.2) is 23.8 Å². The Hall–Kier alpha value is -0.120. The van der Waals surface area contributed by atoms with Crippen LogP contribution in [0.4, 0.5) is 0 Å². The van der Waals surface area contributed by atoms with Crippen LogP contribution >= 0.6 is 0 Å². The highest BCUT2D eigenvalue weighted by atomic mass is 16.3. The lowest BCUT2D eigenvalue weighted by Gasteiger charge is -2.13. The quantitative estimate of drug-likeness (QED) is 0.447. The summed E-state index contributed by atoms with van der Waals surface area (Å²) in [6.07, 6.45) is 0.248. The van der Waals surface area contributed by atoms with Crippen molar-refractivity contribution in [1.29, 1.82) is 0 Å². The van der Waals surface area contributed by atoms with Gasteiger partial charge in [0.15, 0.2) is 0 Å². The molecular weight excluding hydrogens is 104 g/mol. The summed E-state index contributed by atoms with van der Waals surface area (Å²) in [4.78, 5) is 0. The smallest absolute Gasteiger partial charge is 0.0812 e. The standard InChI is InChI=1S/C5H14N2O/c1-2-4(7)5(8)3-6/h4-5,8H,2-3,6-7H2,1H3/t4-,5?/m1/s1. The van der Waals surface area contributed by atoms with Crippen molar-refractivity contribution >= 4 is 0 Å². The maximum absolute atomic E-state index is 8.88. The van der Waals surface area contributed by atoms with Gasteiger partial charge in [-0.3, -0.25) is 0 Å². The summed E-state index contributed by atoms with van der Waals surface area (Å²) in [5.74, 6) is 0. The second-order valence-corrected chi connectivity index (χ2v) is 1.88. The molecule has 0 aromatic rings. The van der Waals surface area contributed by atoms with Crippen molar-refractivity contribution in [2.75, 3.05) is 6.54 Å². The van der Waals surface area contributed by atoms with E-state index in [4.69, 9.17) is 16.6 Å². The molecule has 0 aromatic carbocycles. The molecule has 50 valence electrons. The second-order valence-electron chi connectivity index (χ2n) is 1.88. The van der Waals surface area contributed by atoms with E-state index in [1.165, 1.54) is 0 Å². The predicted molar refractivity (Wildman–Crippen MR) is 33.3 cm³/mol. The van der Waals surface area contributed by atoms with Gasteiger partial charge in [-0.05, 0) is 6.42 Å². The molecule has 0 saturated carbocycles. The van der Waals surface area contributed by atoms with Gasteiger partial charge in [-0.25, -0.2) is 0 Å². The van der Waals surface area contributed by atoms with Gasteiger partial charge in [-0.1, -0.05) is 6.92 Å². The van der Waals surface area contributed by atoms with Crippen molar-refractivity contribution < 1.29 is 5.11 Å². The van der Waals surface area contributed by atoms with Crippen LogP contribution in [-0.2, 0) is 0 Å². The third kappa shape index (κ3) is 2.26. The molecule has 0 rings (SSSR count). The van der Waals surface area contributed by atoms with Gasteiger partial charge in [0.05, 0.1) is 6.10 Å². The number of aliphatic hydroxyl groups excluding tert-OH is 1. The molecule has 0 spiro atoms. The molecule has 0 aliphatic carbocycles. The van der Waals surface area contributed by atoms with Crippen LogP contribution < -0.4 is 11.5 Å². The van der Waals surface area contributed by atoms with Crippen molar-refractivity contribution in [3.05, 3.63) is 0 Å². The second kappa shape index (κ2) is 3.83. The Kier molecular flexibility index (Phi) is 3.77. The maximum atomic E-state index is 8.88. The first kappa shape index (κ1) is 7.88. The Morgan fingerprint density at radius 2 is 2.12 bits per heavy atom. The number of hydrogen-bond acceptors (Lipinski definition) is 3. The van der Waals surface area contributed by atoms with E-state index in [0.29, 0.717) is 0 Å². The minimum Gasteiger partial charge on any atom is -0.390 e. The zero-order chi connectivity index (χ0) is 6.57. The Labute approximate surface area is 49.7 Å². The van der Waals surface area contributed by atoms with Gasteiger partial charge in [-0.15, -0.1) is 0 Å². The topological polar surface area (TPSA) is 72.3 Å². The molecule has 3 heteroatoms. The van der Waals surface area contributed by atoms with Crippen molar-refractivity contribution in [2.24, 2.45) is 11.5 Å². The van der Waals surface area contributed by atoms with Crippen LogP contribution in [0.1, 0.15) is 13.3 Å². The molecule has 0 aromatic heterocycles. The summed E-state index contributed by atoms with van der Waals surface area (Å²) in [5, 5.41) is 8.88. The average Bonchev–Trinajstić information content (AvgIpc) is 1.84. The highest BCUT2D eigenvalue weighted by Gasteiger charge is 2.08. The lowest BCUT2D eigenvalue weighted by atomic mass is 10.1. The Balaban J connectivity index is 3.29. The molecule has 0 fully saturated rings. The molecule has 0 saturated heterocycles. The van der Waals surface area contributed by atoms with Crippen LogP contribution in [0.5, 0.6) is 0 Å². The van der Waals surface area contributed by atoms with Gasteiger partial charge in [-0.2, -0.15) is 0 Å². The molecule has 2 atom stereocenters. The van der Waals surface area contributed by atoms with Crippen molar-refractivity contribution in [3.8, 4) is 0 Å². The molecule has 0 heterocycles. The molecule has 0 aliphatic heterocycles. The molecular formula is C5H14N2O. The van der Waals surface area contributed by atoms with Gasteiger partial charge in [0.2, 0.25) is 0 Å². The highest BCUT2D eigenvalue weighted by Crippen LogP contribution is 1.91. The van der Waals surface area contributed by atoms with Gasteiger partial charge in [0, 0.05) is 12.6 Å². The van der Waals surface area contributed by atoms with Crippen molar-refractivity contribution in [3.63, 3.8) is 0 Å². The van der Waals surface area contributed by atoms with Crippen LogP contribution in [0, 0.1) is 0 Å². The molecule has 8 heavy (non-hydrogen) atoms. The SMILES string of the molecule is CC[C@@H](N)C(O)CN. The number of nitrogens with two attached hydrogens (primary N) is 2. The van der Waals surface area contributed by atoms with Gasteiger partial charge >= 0.3 is 0 Å². The first-order chi connectivity index (χ1) is 3.72. The van der Waals surface area contributed by atoms with E-state index in [1.807, 2.05) is 6.92 Å². The predicted octanol–water partition coefficient (Wildman–Crippen LogP) is -0.957. The molecule has 0 bridgehead atoms. The average molecular weight is 118 g/mol. The third-order valence-electron chi connectivity index (χ3n) is 1.21. The summed E-state index contributed by atoms with van der Waals surface area (Å²) >= 11 is 0. The summed E-state index contributed by atoms with van der Waals surface area (Å²) in [6.45, 7) is 2.18. The van der Waals surface area contributed by atoms with E-state index < -0.39 is 6.10 Å². The van der Waals surface area contributed by atoms with Gasteiger partial charge < -0.3 is 16.6 Å². The molecule has 0 amide bonds. The zero-order valence-corrected chi connectivity index (χ0v) is 5.17. The first-order valence-corrected chi connectivity index (χ1v) is 2.86. The van der Waals surface area contributed by atoms with Crippen molar-refractivity contribution in [1.82, 2.24) is 0 Å². The summed E-state index contributed by atoms with van der Waals surface area (Å²) in [6, 6.07) is -0.153. The number of rotatable bonds is 3. The largest absolute Gasteiger partial charge is 0.390 e. The fourth-order valence-corrected chi connectivity index (χ4v) is 0.447. The monoisotopic (exact) mass is 118 g/mol. The summed E-state index contributed by atoms with van der Waals surface area (Å²) in [5.41, 5.74) is 10.5. The highest BCUT2D eigenvalue weighted by molar-refractivity contribution is 4.69. The molecule has 1 unspecified atom stereocenters. The Morgan fingerprint density at radius 1 is 1.62 bits per heavy atom. The maximum Gasteiger partial charge on any atom is 0.0812 e. The molecule has 0 radical (unpaired) electrons. The lowest BCUT2D eigenvalue weighted by Crippen LogP contribution is -2.39. The van der Waals surface area contributed by atoms with E-state index >= 15 is 0 Å². The first-order valence-electron chi connectivity index (χ1n) is 2.86. The van der Waals surface area contributed by atoms with Crippen LogP contribution in [0.3, 0.4) is 0 Å². The van der Waals surface area contributed by atoms with Crippen LogP contribution in [0.15, 0.2) is 0 Å². The minimum absolute atomic E-state index is 0.153. The van der Waals surface area contributed by atoms with Crippen LogP contribution in [0.2, 0.25) is 0 Å². The molecule has 3 nitrogen and oxygen atoms in total. The van der Waals surface area contributed by atoms with Gasteiger partial charge in [0.25, 0.3) is 0 Å². The summed E-state index contributed by atoms with van der Waals surface area (Å²) < 4.78 is 0. The normalized spacial score (nSPS) is 18.0. The lowest BCUT2D eigenvalue weighted by molar-refractivity contribution is 0.150. The van der Waals surface area contributed by atoms with E-state index in [1.54, 1.807) is 0 Å². The van der Waals surface area contributed by atoms with E-state index in [9.17, 15) is 0 Å². The fraction of sp³-hybridized carbons (Fsp3) is 1.00. The minimum atomic E-state index is -0.528. The Morgan fingerprint density at radius 3 is 2.25 bits per heavy atom. The van der Waals surface area contributed by atoms with Crippen LogP contribution in [0.25, 0.3) is 0 Å². The van der Waals surface area contributed by atoms with Gasteiger partial charge in [0.1, 0.15) is 0 Å². The number of aliphatic hydroxyl groups is 1. The Bertz CT molecular complexity index is 50.4. The zero-order valence-electron chi connectivity index (χ0n) is 5.17. The van der Waals surface area contributed by atoms with Crippen molar-refractivity contribution in [2.45, 2.75) is 25.5 Å². The summed E-state index contributed by atoms with van der Waals surface area (Å²) in [7, 11) is 0.